The first-order chi connectivity index (χ1) is 61.5. The molecule has 0 spiro atoms. The zero-order chi connectivity index (χ0) is 89.3. The molecule has 127 heavy (non-hydrogen) atoms. The molecule has 4 fully saturated rings. The van der Waals surface area contributed by atoms with E-state index in [1.54, 1.807) is 19.8 Å². The van der Waals surface area contributed by atoms with E-state index in [0.29, 0.717) is 99.5 Å². The van der Waals surface area contributed by atoms with Crippen molar-refractivity contribution in [3.8, 4) is 35.5 Å². The van der Waals surface area contributed by atoms with Gasteiger partial charge in [-0.3, -0.25) is 64.2 Å². The van der Waals surface area contributed by atoms with Crippen LogP contribution in [0.25, 0.3) is 109 Å². The first-order valence-electron chi connectivity index (χ1n) is 44.7. The molecule has 3 saturated heterocycles. The number of aliphatic hydroxyl groups is 2. The van der Waals surface area contributed by atoms with E-state index < -0.39 is 0 Å². The number of nitrogens with two attached hydrogens (primary N) is 2. The Kier molecular flexibility index (Phi) is 28.6. The van der Waals surface area contributed by atoms with Gasteiger partial charge in [0.05, 0.1) is 80.8 Å². The van der Waals surface area contributed by atoms with Crippen LogP contribution in [-0.2, 0) is 32.7 Å². The monoisotopic (exact) mass is 1730 g/mol. The van der Waals surface area contributed by atoms with E-state index in [1.807, 2.05) is 104 Å². The fourth-order valence-corrected chi connectivity index (χ4v) is 17.9. The van der Waals surface area contributed by atoms with Gasteiger partial charge in [-0.05, 0) is 280 Å². The highest BCUT2D eigenvalue weighted by Gasteiger charge is 2.27. The van der Waals surface area contributed by atoms with Gasteiger partial charge in [0.1, 0.15) is 27.6 Å². The van der Waals surface area contributed by atoms with Gasteiger partial charge >= 0.3 is 0 Å². The lowest BCUT2D eigenvalue weighted by atomic mass is 10.0. The Bertz CT molecular complexity index is 7120. The zero-order valence-electron chi connectivity index (χ0n) is 74.3. The molecule has 1 atom stereocenters. The summed E-state index contributed by atoms with van der Waals surface area (Å²) in [5.74, 6) is 20.7. The molecular formula is C98H116ClN21O7. The van der Waals surface area contributed by atoms with Gasteiger partial charge in [0, 0.05) is 122 Å². The maximum Gasteiger partial charge on any atom is 0.262 e. The quantitative estimate of drug-likeness (QED) is 0.0320. The molecule has 5 aromatic carbocycles. The summed E-state index contributed by atoms with van der Waals surface area (Å²) in [6.45, 7) is 26.9. The first-order valence-corrected chi connectivity index (χ1v) is 45.1. The van der Waals surface area contributed by atoms with Crippen LogP contribution < -0.4 is 39.3 Å². The summed E-state index contributed by atoms with van der Waals surface area (Å²) in [6, 6.07) is 29.9. The molecule has 15 aromatic rings. The topological polar surface area (TPSA) is 359 Å². The van der Waals surface area contributed by atoms with Crippen LogP contribution >= 0.6 is 11.6 Å². The van der Waals surface area contributed by atoms with Crippen LogP contribution in [-0.4, -0.2) is 209 Å². The van der Waals surface area contributed by atoms with E-state index in [2.05, 4.69) is 158 Å². The smallest absolute Gasteiger partial charge is 0.262 e. The van der Waals surface area contributed by atoms with Crippen LogP contribution in [0.3, 0.4) is 0 Å². The third-order valence-electron chi connectivity index (χ3n) is 25.0. The Morgan fingerprint density at radius 2 is 0.756 bits per heavy atom. The summed E-state index contributed by atoms with van der Waals surface area (Å²) < 4.78 is 8.88. The number of likely N-dealkylation sites (tertiary alicyclic amines) is 3. The predicted octanol–water partition coefficient (Wildman–Crippen LogP) is 11.9. The number of pyridine rings is 5. The number of aryl methyl sites for hydroxylation is 9. The molecule has 662 valence electrons. The summed E-state index contributed by atoms with van der Waals surface area (Å²) in [6.07, 6.45) is 13.1. The summed E-state index contributed by atoms with van der Waals surface area (Å²) in [4.78, 5) is 73.9. The number of nitrogens with one attached hydrogen (secondary N) is 5. The molecule has 10 aromatic heterocycles. The molecule has 11 N–H and O–H groups in total. The number of fused-ring (bicyclic) bond motifs is 15. The normalized spacial score (nSPS) is 14.6. The molecule has 28 nitrogen and oxygen atoms in total. The van der Waals surface area contributed by atoms with Crippen LogP contribution in [0, 0.1) is 76.1 Å². The molecule has 0 amide bonds. The predicted molar refractivity (Wildman–Crippen MR) is 511 cm³/mol. The van der Waals surface area contributed by atoms with Crippen LogP contribution in [0.5, 0.6) is 0 Å². The fraction of sp³-hybridized carbons (Fsp3) is 0.429. The number of nitrogens with zero attached hydrogens (tertiary/aromatic N) is 14. The average molecular weight is 1740 g/mol. The van der Waals surface area contributed by atoms with E-state index in [0.717, 1.165) is 195 Å². The zero-order valence-corrected chi connectivity index (χ0v) is 75.1. The molecule has 13 heterocycles. The Hall–Kier alpha value is -11.9. The van der Waals surface area contributed by atoms with Gasteiger partial charge < -0.3 is 49.4 Å². The summed E-state index contributed by atoms with van der Waals surface area (Å²) in [5, 5.41) is 63.7. The van der Waals surface area contributed by atoms with Crippen molar-refractivity contribution in [2.45, 2.75) is 170 Å². The minimum absolute atomic E-state index is 0.0290. The van der Waals surface area contributed by atoms with Gasteiger partial charge in [-0.25, -0.2) is 0 Å². The second kappa shape index (κ2) is 40.4. The Morgan fingerprint density at radius 3 is 1.09 bits per heavy atom. The number of halogens is 1. The standard InChI is InChI=1S/C23H29N5O.C21H24N4O2.C20H22N4O2.C17H21ClN4O.C17H20N4O/c1-17-21-22(25-24-17)19-16-18(8-6-14-27-12-4-5-13-27)9-10-20(19)28(23(21)29)15-7-11-26(2)3;1-15-19-20(23-22-15)17-14-16(6-4-11-24-9-2-3-10-24)7-8-18(17)25(21(19)27)12-5-13-26;1-14-18-19(22-21-14)16-13-15(5-4-10-23-8-2-3-9-23)6-7-17(16)24(11-12-25)20(18)26;1-9(2)13(19)6-7-22-14-5-4-11(18)8-12(14)16-15(17(22)23)10(3)20-21-16;1-10-15-16(20-19-10)13-9-12(11-3-4-11)5-6-14(13)21(17(15)22)8-2-7-18/h9-10,16H,4-5,7,11-15H2,1-3H3,(H,24,25);7-8,14,26H,2-3,5,9-13H2,1H3,(H,22,23);6-7,13,25H,2-3,8-12H2,1H3,(H,21,22);4-5,8-9,13H,6-7,19H2,1-3H3,(H,20,21);5-6,9,11H,2-4,7-8,18H2,1H3,(H,19,20). The SMILES string of the molecule is Cc1[nH]nc2c1c(=O)n(CCC(N)C(C)C)c1ccc(Cl)cc21.Cc1[nH]nc2c1c(=O)n(CCCN(C)C)c1ccc(C#CCN3CCCC3)cc21.Cc1[nH]nc2c1c(=O)n(CCCN)c1ccc(C3CC3)cc21.Cc1[nH]nc2c1c(=O)n(CCCO)c1ccc(C#CCN3CCCC3)cc21.Cc1[nH]nc2c1c(=O)n(CCO)c1ccc(C#CCN3CCCC3)cc21. The van der Waals surface area contributed by atoms with Crippen LogP contribution in [0.2, 0.25) is 5.02 Å². The van der Waals surface area contributed by atoms with Gasteiger partial charge in [0.25, 0.3) is 27.8 Å². The Labute approximate surface area is 741 Å². The maximum atomic E-state index is 13.2. The second-order valence-corrected chi connectivity index (χ2v) is 35.1. The number of rotatable bonds is 20. The van der Waals surface area contributed by atoms with Crippen LogP contribution in [0.4, 0.5) is 0 Å². The number of hydrogen-bond donors (Lipinski definition) is 9. The fourth-order valence-electron chi connectivity index (χ4n) is 17.8. The minimum Gasteiger partial charge on any atom is -0.396 e. The van der Waals surface area contributed by atoms with Gasteiger partial charge in [0.2, 0.25) is 0 Å². The highest BCUT2D eigenvalue weighted by molar-refractivity contribution is 6.31. The largest absolute Gasteiger partial charge is 0.396 e. The molecule has 19 rings (SSSR count). The van der Waals surface area contributed by atoms with E-state index >= 15 is 0 Å². The van der Waals surface area contributed by atoms with E-state index in [4.69, 9.17) is 23.1 Å². The molecule has 0 radical (unpaired) electrons. The number of aromatic nitrogens is 15. The van der Waals surface area contributed by atoms with Crippen LogP contribution in [0.15, 0.2) is 115 Å². The third kappa shape index (κ3) is 19.7. The Morgan fingerprint density at radius 1 is 0.433 bits per heavy atom. The van der Waals surface area contributed by atoms with Gasteiger partial charge in [-0.1, -0.05) is 67.0 Å². The molecule has 1 aliphatic carbocycles. The average Bonchev–Trinajstić information content (AvgIpc) is 1.75. The van der Waals surface area contributed by atoms with Crippen molar-refractivity contribution in [1.82, 2.24) is 93.4 Å². The van der Waals surface area contributed by atoms with E-state index in [1.165, 1.54) is 56.9 Å². The number of H-pyrrole nitrogens is 5. The first kappa shape index (κ1) is 90.0. The minimum atomic E-state index is -0.124. The van der Waals surface area contributed by atoms with Crippen molar-refractivity contribution in [3.05, 3.63) is 199 Å². The van der Waals surface area contributed by atoms with Gasteiger partial charge in [-0.2, -0.15) is 25.5 Å². The molecular weight excluding hydrogens is 1620 g/mol. The lowest BCUT2D eigenvalue weighted by molar-refractivity contribution is 0.276. The van der Waals surface area contributed by atoms with Crippen molar-refractivity contribution in [2.24, 2.45) is 17.4 Å². The van der Waals surface area contributed by atoms with Crippen molar-refractivity contribution in [2.75, 3.05) is 99.3 Å². The molecule has 3 aliphatic heterocycles. The number of hydrogen-bond acceptors (Lipinski definition) is 18. The number of aromatic amines is 5. The lowest BCUT2D eigenvalue weighted by Crippen LogP contribution is -2.30. The number of aliphatic hydroxyl groups excluding tert-OH is 2. The molecule has 1 saturated carbocycles. The Balaban J connectivity index is 0.000000123. The highest BCUT2D eigenvalue weighted by atomic mass is 35.5. The summed E-state index contributed by atoms with van der Waals surface area (Å²) >= 11 is 6.14. The molecule has 1 unspecified atom stereocenters. The molecule has 0 bridgehead atoms. The van der Waals surface area contributed by atoms with E-state index in [9.17, 15) is 34.2 Å². The van der Waals surface area contributed by atoms with Crippen molar-refractivity contribution < 1.29 is 10.2 Å². The lowest BCUT2D eigenvalue weighted by Gasteiger charge is -2.17. The van der Waals surface area contributed by atoms with Gasteiger partial charge in [-0.15, -0.1) is 0 Å². The van der Waals surface area contributed by atoms with E-state index in [-0.39, 0.29) is 53.6 Å². The number of benzene rings is 5. The molecule has 4 aliphatic rings. The van der Waals surface area contributed by atoms with Crippen molar-refractivity contribution in [3.63, 3.8) is 0 Å². The molecule has 29 heteroatoms. The third-order valence-corrected chi connectivity index (χ3v) is 25.2. The highest BCUT2D eigenvalue weighted by Crippen LogP contribution is 2.42. The van der Waals surface area contributed by atoms with Gasteiger partial charge in [0.15, 0.2) is 0 Å². The second-order valence-electron chi connectivity index (χ2n) is 34.7. The van der Waals surface area contributed by atoms with Crippen molar-refractivity contribution >= 4 is 121 Å². The van der Waals surface area contributed by atoms with Crippen LogP contribution in [0.1, 0.15) is 148 Å². The summed E-state index contributed by atoms with van der Waals surface area (Å²) in [5.41, 5.74) is 27.6. The van der Waals surface area contributed by atoms with Crippen molar-refractivity contribution in [1.29, 1.82) is 0 Å². The maximum absolute atomic E-state index is 13.2. The summed E-state index contributed by atoms with van der Waals surface area (Å²) in [7, 11) is 4.11.